The van der Waals surface area contributed by atoms with Gasteiger partial charge in [0, 0.05) is 32.6 Å². The Bertz CT molecular complexity index is 2970. The molecule has 0 saturated carbocycles. The van der Waals surface area contributed by atoms with E-state index in [-0.39, 0.29) is 54.4 Å². The predicted octanol–water partition coefficient (Wildman–Crippen LogP) is 11.6. The quantitative estimate of drug-likeness (QED) is 0.0728. The summed E-state index contributed by atoms with van der Waals surface area (Å²) in [6, 6.07) is 26.8. The number of rotatable bonds is 10. The van der Waals surface area contributed by atoms with E-state index in [9.17, 15) is 52.6 Å². The van der Waals surface area contributed by atoms with Crippen LogP contribution in [0.25, 0.3) is 0 Å². The second-order valence-electron chi connectivity index (χ2n) is 14.7. The molecule has 2 heterocycles. The van der Waals surface area contributed by atoms with Gasteiger partial charge in [0.2, 0.25) is 0 Å². The summed E-state index contributed by atoms with van der Waals surface area (Å²) in [5.41, 5.74) is -1.84. The van der Waals surface area contributed by atoms with Crippen molar-refractivity contribution in [3.05, 3.63) is 183 Å². The maximum Gasteiger partial charge on any atom is 0.416 e. The molecule has 0 saturated heterocycles. The first kappa shape index (κ1) is 42.4. The van der Waals surface area contributed by atoms with E-state index in [1.807, 2.05) is 38.1 Å². The maximum atomic E-state index is 13.5. The molecule has 0 atom stereocenters. The molecule has 0 fully saturated rings. The van der Waals surface area contributed by atoms with Crippen LogP contribution in [-0.4, -0.2) is 33.5 Å². The van der Waals surface area contributed by atoms with Crippen molar-refractivity contribution >= 4 is 78.2 Å². The molecule has 8 rings (SSSR count). The Hall–Kier alpha value is -7.25. The van der Waals surface area contributed by atoms with Crippen molar-refractivity contribution in [2.24, 2.45) is 0 Å². The molecule has 0 aromatic heterocycles. The van der Waals surface area contributed by atoms with E-state index in [0.29, 0.717) is 28.2 Å². The standard InChI is InChI=1S/C44H25Br2F3N4O10/c1-43(2,23-5-10-27(11-6-23)63-29-13-15-31-33(21-29)42(57)51(40(31)55)38-34(45)18-25(52(58)59)19-35(38)46)22-3-8-26(9-4-22)62-28-12-14-30-32(20-28)41(56)50(39(30)54)36-16-7-24(44(47,48)49)17-37(36)53(60)61/h3-21H,1-2H3. The van der Waals surface area contributed by atoms with Crippen LogP contribution in [0.2, 0.25) is 0 Å². The smallest absolute Gasteiger partial charge is 0.416 e. The Balaban J connectivity index is 0.942. The normalized spacial score (nSPS) is 13.6. The summed E-state index contributed by atoms with van der Waals surface area (Å²) in [6.07, 6.45) is -4.89. The van der Waals surface area contributed by atoms with Crippen molar-refractivity contribution in [3.63, 3.8) is 0 Å². The highest BCUT2D eigenvalue weighted by Gasteiger charge is 2.42. The van der Waals surface area contributed by atoms with E-state index < -0.39 is 62.0 Å². The van der Waals surface area contributed by atoms with E-state index in [1.54, 1.807) is 30.3 Å². The molecule has 0 spiro atoms. The summed E-state index contributed by atoms with van der Waals surface area (Å²) in [4.78, 5) is 76.1. The zero-order valence-corrected chi connectivity index (χ0v) is 35.4. The molecule has 2 aliphatic heterocycles. The summed E-state index contributed by atoms with van der Waals surface area (Å²) >= 11 is 6.50. The Labute approximate surface area is 370 Å². The molecule has 14 nitrogen and oxygen atoms in total. The minimum atomic E-state index is -4.89. The minimum Gasteiger partial charge on any atom is -0.457 e. The number of nitro benzene ring substituents is 2. The fraction of sp³-hybridized carbons (Fsp3) is 0.0909. The van der Waals surface area contributed by atoms with E-state index >= 15 is 0 Å². The van der Waals surface area contributed by atoms with Crippen molar-refractivity contribution in [1.82, 2.24) is 0 Å². The largest absolute Gasteiger partial charge is 0.457 e. The molecule has 6 aromatic carbocycles. The van der Waals surface area contributed by atoms with Crippen molar-refractivity contribution < 1.29 is 51.7 Å². The zero-order chi connectivity index (χ0) is 45.3. The fourth-order valence-corrected chi connectivity index (χ4v) is 8.73. The van der Waals surface area contributed by atoms with Crippen LogP contribution in [-0.2, 0) is 11.6 Å². The van der Waals surface area contributed by atoms with E-state index in [2.05, 4.69) is 31.9 Å². The van der Waals surface area contributed by atoms with Crippen LogP contribution in [0.1, 0.15) is 72.0 Å². The first-order chi connectivity index (χ1) is 29.7. The summed E-state index contributed by atoms with van der Waals surface area (Å²) in [6.45, 7) is 4.01. The number of non-ortho nitro benzene ring substituents is 1. The highest BCUT2D eigenvalue weighted by Crippen LogP contribution is 2.44. The fourth-order valence-electron chi connectivity index (χ4n) is 7.21. The topological polar surface area (TPSA) is 180 Å². The highest BCUT2D eigenvalue weighted by molar-refractivity contribution is 9.11. The monoisotopic (exact) mass is 984 g/mol. The van der Waals surface area contributed by atoms with Gasteiger partial charge in [-0.25, -0.2) is 9.80 Å². The van der Waals surface area contributed by atoms with Crippen molar-refractivity contribution in [2.45, 2.75) is 25.4 Å². The first-order valence-corrected chi connectivity index (χ1v) is 19.9. The number of anilines is 2. The molecular weight excluding hydrogens is 961 g/mol. The average molecular weight is 987 g/mol. The lowest BCUT2D eigenvalue weighted by Gasteiger charge is -2.26. The Morgan fingerprint density at radius 1 is 0.524 bits per heavy atom. The lowest BCUT2D eigenvalue weighted by Crippen LogP contribution is -2.30. The Morgan fingerprint density at radius 2 is 0.937 bits per heavy atom. The Morgan fingerprint density at radius 3 is 1.38 bits per heavy atom. The van der Waals surface area contributed by atoms with Crippen LogP contribution in [0.5, 0.6) is 23.0 Å². The number of halogens is 5. The third kappa shape index (κ3) is 7.58. The first-order valence-electron chi connectivity index (χ1n) is 18.4. The molecule has 63 heavy (non-hydrogen) atoms. The van der Waals surface area contributed by atoms with Crippen LogP contribution >= 0.6 is 31.9 Å². The van der Waals surface area contributed by atoms with Crippen LogP contribution in [0.4, 0.5) is 35.9 Å². The van der Waals surface area contributed by atoms with Gasteiger partial charge in [-0.2, -0.15) is 13.2 Å². The zero-order valence-electron chi connectivity index (χ0n) is 32.2. The van der Waals surface area contributed by atoms with E-state index in [4.69, 9.17) is 9.47 Å². The molecule has 4 amide bonds. The third-order valence-corrected chi connectivity index (χ3v) is 11.7. The number of nitro groups is 2. The van der Waals surface area contributed by atoms with Gasteiger partial charge in [0.05, 0.1) is 43.4 Å². The molecule has 0 aliphatic carbocycles. The summed E-state index contributed by atoms with van der Waals surface area (Å²) < 4.78 is 52.2. The van der Waals surface area contributed by atoms with Crippen LogP contribution in [0, 0.1) is 20.2 Å². The molecule has 19 heteroatoms. The van der Waals surface area contributed by atoms with Crippen molar-refractivity contribution in [2.75, 3.05) is 9.80 Å². The molecule has 2 aliphatic rings. The molecule has 0 unspecified atom stereocenters. The molecule has 6 aromatic rings. The number of alkyl halides is 3. The number of carbonyl (C=O) groups excluding carboxylic acids is 4. The number of imide groups is 2. The van der Waals surface area contributed by atoms with E-state index in [0.717, 1.165) is 22.1 Å². The average Bonchev–Trinajstić information content (AvgIpc) is 3.63. The van der Waals surface area contributed by atoms with Crippen molar-refractivity contribution in [1.29, 1.82) is 0 Å². The summed E-state index contributed by atoms with van der Waals surface area (Å²) in [7, 11) is 0. The number of ether oxygens (including phenoxy) is 2. The van der Waals surface area contributed by atoms with Gasteiger partial charge in [-0.05, 0) is 116 Å². The van der Waals surface area contributed by atoms with Gasteiger partial charge in [-0.3, -0.25) is 39.4 Å². The number of hydrogen-bond donors (Lipinski definition) is 0. The van der Waals surface area contributed by atoms with Gasteiger partial charge in [0.25, 0.3) is 35.0 Å². The molecule has 0 radical (unpaired) electrons. The lowest BCUT2D eigenvalue weighted by atomic mass is 9.78. The second kappa shape index (κ2) is 15.6. The van der Waals surface area contributed by atoms with Gasteiger partial charge in [0.15, 0.2) is 0 Å². The third-order valence-electron chi connectivity index (χ3n) is 10.5. The number of hydrogen-bond acceptors (Lipinski definition) is 10. The van der Waals surface area contributed by atoms with Crippen LogP contribution in [0.3, 0.4) is 0 Å². The summed E-state index contributed by atoms with van der Waals surface area (Å²) in [5.74, 6) is -1.88. The van der Waals surface area contributed by atoms with E-state index in [1.165, 1.54) is 42.5 Å². The van der Waals surface area contributed by atoms with Crippen LogP contribution < -0.4 is 19.3 Å². The highest BCUT2D eigenvalue weighted by atomic mass is 79.9. The van der Waals surface area contributed by atoms with Gasteiger partial charge in [-0.15, -0.1) is 0 Å². The minimum absolute atomic E-state index is 0.0937. The Kier molecular flexibility index (Phi) is 10.5. The van der Waals surface area contributed by atoms with Gasteiger partial charge < -0.3 is 9.47 Å². The SMILES string of the molecule is CC(C)(c1ccc(Oc2ccc3c(c2)C(=O)N(c2ccc(C(F)(F)F)cc2[N+](=O)[O-])C3=O)cc1)c1ccc(Oc2ccc3c(c2)C(=O)N(c2c(Br)cc([N+](=O)[O-])cc2Br)C3=O)cc1. The number of benzene rings is 6. The second-order valence-corrected chi connectivity index (χ2v) is 16.4. The van der Waals surface area contributed by atoms with Crippen molar-refractivity contribution in [3.8, 4) is 23.0 Å². The number of fused-ring (bicyclic) bond motifs is 2. The summed E-state index contributed by atoms with van der Waals surface area (Å²) in [5, 5.41) is 23.0. The predicted molar refractivity (Wildman–Crippen MR) is 227 cm³/mol. The van der Waals surface area contributed by atoms with Gasteiger partial charge in [0.1, 0.15) is 28.7 Å². The molecule has 0 bridgehead atoms. The molecule has 316 valence electrons. The number of nitrogens with zero attached hydrogens (tertiary/aromatic N) is 4. The van der Waals surface area contributed by atoms with Gasteiger partial charge >= 0.3 is 6.18 Å². The van der Waals surface area contributed by atoms with Crippen LogP contribution in [0.15, 0.2) is 124 Å². The molecule has 0 N–H and O–H groups in total. The maximum absolute atomic E-state index is 13.5. The van der Waals surface area contributed by atoms with Gasteiger partial charge in [-0.1, -0.05) is 38.1 Å². The molecular formula is C44H25Br2F3N4O10. The lowest BCUT2D eigenvalue weighted by molar-refractivity contribution is -0.385. The number of carbonyl (C=O) groups is 4. The number of amides is 4.